The standard InChI is InChI=1S/C7H15IN2/c1-6(2)10-4-3-7(5-10)9-8/h6-7,9H,3-5H2,1-2H3. The maximum absolute atomic E-state index is 3.28. The van der Waals surface area contributed by atoms with Gasteiger partial charge in [-0.2, -0.15) is 0 Å². The Labute approximate surface area is 76.9 Å². The van der Waals surface area contributed by atoms with Crippen molar-refractivity contribution in [2.75, 3.05) is 13.1 Å². The van der Waals surface area contributed by atoms with Crippen molar-refractivity contribution in [2.45, 2.75) is 32.4 Å². The highest BCUT2D eigenvalue weighted by atomic mass is 127. The highest BCUT2D eigenvalue weighted by Crippen LogP contribution is 2.12. The van der Waals surface area contributed by atoms with Gasteiger partial charge in [0.25, 0.3) is 0 Å². The third-order valence-electron chi connectivity index (χ3n) is 2.10. The second kappa shape index (κ2) is 3.88. The van der Waals surface area contributed by atoms with E-state index in [-0.39, 0.29) is 0 Å². The second-order valence-corrected chi connectivity index (χ2v) is 3.81. The van der Waals surface area contributed by atoms with Crippen molar-refractivity contribution in [3.63, 3.8) is 0 Å². The van der Waals surface area contributed by atoms with Gasteiger partial charge in [-0.05, 0) is 20.3 Å². The van der Waals surface area contributed by atoms with Crippen molar-refractivity contribution in [3.8, 4) is 0 Å². The topological polar surface area (TPSA) is 15.3 Å². The molecule has 0 bridgehead atoms. The van der Waals surface area contributed by atoms with Crippen LogP contribution in [0, 0.1) is 0 Å². The first-order chi connectivity index (χ1) is 4.74. The zero-order valence-electron chi connectivity index (χ0n) is 6.60. The van der Waals surface area contributed by atoms with Gasteiger partial charge in [0.15, 0.2) is 0 Å². The van der Waals surface area contributed by atoms with Crippen molar-refractivity contribution < 1.29 is 0 Å². The lowest BCUT2D eigenvalue weighted by Gasteiger charge is -2.19. The smallest absolute Gasteiger partial charge is 0.0303 e. The number of likely N-dealkylation sites (tertiary alicyclic amines) is 1. The van der Waals surface area contributed by atoms with E-state index in [1.807, 2.05) is 0 Å². The molecule has 0 aromatic heterocycles. The van der Waals surface area contributed by atoms with Crippen LogP contribution in [0.25, 0.3) is 0 Å². The van der Waals surface area contributed by atoms with Crippen LogP contribution in [0.1, 0.15) is 20.3 Å². The monoisotopic (exact) mass is 254 g/mol. The summed E-state index contributed by atoms with van der Waals surface area (Å²) in [5, 5.41) is 0. The molecule has 1 aliphatic heterocycles. The van der Waals surface area contributed by atoms with Gasteiger partial charge in [-0.1, -0.05) is 0 Å². The minimum absolute atomic E-state index is 0.717. The number of hydrogen-bond donors (Lipinski definition) is 1. The molecule has 1 atom stereocenters. The summed E-state index contributed by atoms with van der Waals surface area (Å²) in [6.07, 6.45) is 1.31. The molecule has 0 aromatic carbocycles. The molecule has 2 nitrogen and oxygen atoms in total. The summed E-state index contributed by atoms with van der Waals surface area (Å²) >= 11 is 2.25. The van der Waals surface area contributed by atoms with Crippen LogP contribution in [0.4, 0.5) is 0 Å². The molecule has 1 aliphatic rings. The average molecular weight is 254 g/mol. The average Bonchev–Trinajstić information content (AvgIpc) is 2.34. The summed E-state index contributed by atoms with van der Waals surface area (Å²) in [6, 6.07) is 1.44. The third-order valence-corrected chi connectivity index (χ3v) is 2.99. The van der Waals surface area contributed by atoms with E-state index in [4.69, 9.17) is 0 Å². The Morgan fingerprint density at radius 1 is 1.60 bits per heavy atom. The maximum Gasteiger partial charge on any atom is 0.0303 e. The summed E-state index contributed by atoms with van der Waals surface area (Å²) in [7, 11) is 0. The number of halogens is 1. The largest absolute Gasteiger partial charge is 0.299 e. The molecule has 3 heteroatoms. The molecule has 1 rings (SSSR count). The van der Waals surface area contributed by atoms with E-state index >= 15 is 0 Å². The minimum atomic E-state index is 0.717. The molecular formula is C7H15IN2. The zero-order valence-corrected chi connectivity index (χ0v) is 8.76. The number of hydrogen-bond acceptors (Lipinski definition) is 2. The van der Waals surface area contributed by atoms with E-state index in [1.54, 1.807) is 0 Å². The molecule has 1 heterocycles. The lowest BCUT2D eigenvalue weighted by molar-refractivity contribution is 0.272. The fourth-order valence-corrected chi connectivity index (χ4v) is 1.85. The van der Waals surface area contributed by atoms with E-state index in [2.05, 4.69) is 45.1 Å². The van der Waals surface area contributed by atoms with Gasteiger partial charge >= 0.3 is 0 Å². The molecule has 1 unspecified atom stereocenters. The molecule has 0 radical (unpaired) electrons. The quantitative estimate of drug-likeness (QED) is 0.592. The van der Waals surface area contributed by atoms with Crippen LogP contribution in [0.3, 0.4) is 0 Å². The van der Waals surface area contributed by atoms with Crippen molar-refractivity contribution in [3.05, 3.63) is 0 Å². The molecule has 0 aromatic rings. The normalized spacial score (nSPS) is 28.2. The molecule has 60 valence electrons. The van der Waals surface area contributed by atoms with Gasteiger partial charge in [0.2, 0.25) is 0 Å². The highest BCUT2D eigenvalue weighted by Gasteiger charge is 2.22. The molecule has 0 spiro atoms. The highest BCUT2D eigenvalue weighted by molar-refractivity contribution is 14.1. The maximum atomic E-state index is 3.28. The summed E-state index contributed by atoms with van der Waals surface area (Å²) in [6.45, 7) is 7.00. The van der Waals surface area contributed by atoms with Gasteiger partial charge in [-0.3, -0.25) is 8.43 Å². The molecular weight excluding hydrogens is 239 g/mol. The van der Waals surface area contributed by atoms with Gasteiger partial charge in [0.1, 0.15) is 0 Å². The molecule has 1 N–H and O–H groups in total. The fourth-order valence-electron chi connectivity index (χ4n) is 1.35. The Balaban J connectivity index is 2.28. The molecule has 1 fully saturated rings. The Morgan fingerprint density at radius 3 is 2.60 bits per heavy atom. The van der Waals surface area contributed by atoms with E-state index in [0.29, 0.717) is 0 Å². The molecule has 0 saturated carbocycles. The first-order valence-corrected chi connectivity index (χ1v) is 4.92. The van der Waals surface area contributed by atoms with Crippen LogP contribution in [0.5, 0.6) is 0 Å². The van der Waals surface area contributed by atoms with Crippen molar-refractivity contribution in [1.82, 2.24) is 8.43 Å². The Morgan fingerprint density at radius 2 is 2.30 bits per heavy atom. The van der Waals surface area contributed by atoms with Crippen molar-refractivity contribution >= 4 is 22.9 Å². The second-order valence-electron chi connectivity index (χ2n) is 3.18. The van der Waals surface area contributed by atoms with Crippen molar-refractivity contribution in [2.24, 2.45) is 0 Å². The summed E-state index contributed by atoms with van der Waals surface area (Å²) < 4.78 is 3.28. The first kappa shape index (κ1) is 8.74. The van der Waals surface area contributed by atoms with E-state index in [1.165, 1.54) is 19.5 Å². The minimum Gasteiger partial charge on any atom is -0.299 e. The Kier molecular flexibility index (Phi) is 3.39. The molecule has 1 saturated heterocycles. The Bertz CT molecular complexity index is 106. The summed E-state index contributed by atoms with van der Waals surface area (Å²) in [5.41, 5.74) is 0. The lowest BCUT2D eigenvalue weighted by atomic mass is 10.3. The van der Waals surface area contributed by atoms with E-state index < -0.39 is 0 Å². The Hall–Kier alpha value is 0.650. The van der Waals surface area contributed by atoms with Crippen LogP contribution in [0.2, 0.25) is 0 Å². The van der Waals surface area contributed by atoms with Gasteiger partial charge in [-0.25, -0.2) is 0 Å². The van der Waals surface area contributed by atoms with E-state index in [9.17, 15) is 0 Å². The fraction of sp³-hybridized carbons (Fsp3) is 1.00. The molecule has 0 aliphatic carbocycles. The van der Waals surface area contributed by atoms with Crippen LogP contribution in [-0.2, 0) is 0 Å². The van der Waals surface area contributed by atoms with E-state index in [0.717, 1.165) is 12.1 Å². The number of nitrogens with one attached hydrogen (secondary N) is 1. The van der Waals surface area contributed by atoms with Gasteiger partial charge in [0.05, 0.1) is 0 Å². The molecule has 10 heavy (non-hydrogen) atoms. The van der Waals surface area contributed by atoms with Crippen molar-refractivity contribution in [1.29, 1.82) is 0 Å². The number of rotatable bonds is 2. The summed E-state index contributed by atoms with van der Waals surface area (Å²) in [4.78, 5) is 2.51. The SMILES string of the molecule is CC(C)N1CCC(NI)C1. The summed E-state index contributed by atoms with van der Waals surface area (Å²) in [5.74, 6) is 0. The third kappa shape index (κ3) is 2.07. The lowest BCUT2D eigenvalue weighted by Crippen LogP contribution is -2.31. The van der Waals surface area contributed by atoms with Crippen LogP contribution in [0.15, 0.2) is 0 Å². The van der Waals surface area contributed by atoms with Gasteiger partial charge < -0.3 is 0 Å². The van der Waals surface area contributed by atoms with Crippen LogP contribution in [-0.4, -0.2) is 30.1 Å². The molecule has 0 amide bonds. The van der Waals surface area contributed by atoms with Crippen LogP contribution < -0.4 is 3.53 Å². The zero-order chi connectivity index (χ0) is 7.56. The van der Waals surface area contributed by atoms with Gasteiger partial charge in [-0.15, -0.1) is 0 Å². The van der Waals surface area contributed by atoms with Gasteiger partial charge in [0, 0.05) is 48.0 Å². The predicted molar refractivity (Wildman–Crippen MR) is 52.3 cm³/mol. The predicted octanol–water partition coefficient (Wildman–Crippen LogP) is 1.41. The number of nitrogens with zero attached hydrogens (tertiary/aromatic N) is 1. The first-order valence-electron chi connectivity index (χ1n) is 3.84. The van der Waals surface area contributed by atoms with Crippen LogP contribution >= 0.6 is 22.9 Å².